The average Bonchev–Trinajstić information content (AvgIpc) is 2.74. The van der Waals surface area contributed by atoms with Crippen molar-refractivity contribution in [2.45, 2.75) is 39.3 Å². The van der Waals surface area contributed by atoms with E-state index in [1.165, 1.54) is 5.56 Å². The van der Waals surface area contributed by atoms with Crippen LogP contribution in [0, 0.1) is 6.92 Å². The minimum Gasteiger partial charge on any atom is -0.316 e. The van der Waals surface area contributed by atoms with Crippen molar-refractivity contribution < 1.29 is 0 Å². The Bertz CT molecular complexity index is 610. The molecule has 1 unspecified atom stereocenters. The number of nitrogens with one attached hydrogen (secondary N) is 1. The Balaban J connectivity index is 2.16. The fourth-order valence-corrected chi connectivity index (χ4v) is 3.18. The summed E-state index contributed by atoms with van der Waals surface area (Å²) in [6.07, 6.45) is 1.83. The normalized spacial score (nSPS) is 12.6. The maximum absolute atomic E-state index is 6.40. The zero-order valence-corrected chi connectivity index (χ0v) is 15.0. The molecule has 0 radical (unpaired) electrons. The molecule has 1 aromatic carbocycles. The molecule has 21 heavy (non-hydrogen) atoms. The van der Waals surface area contributed by atoms with Gasteiger partial charge in [0.25, 0.3) is 0 Å². The van der Waals surface area contributed by atoms with E-state index in [1.54, 1.807) is 0 Å². The van der Waals surface area contributed by atoms with Crippen molar-refractivity contribution in [3.63, 3.8) is 0 Å². The van der Waals surface area contributed by atoms with E-state index in [-0.39, 0.29) is 0 Å². The number of likely N-dealkylation sites (N-methyl/N-ethyl adjacent to an activating group) is 1. The maximum Gasteiger partial charge on any atom is 0.0847 e. The molecule has 2 aromatic rings. The van der Waals surface area contributed by atoms with Gasteiger partial charge in [0.1, 0.15) is 0 Å². The lowest BCUT2D eigenvalue weighted by atomic mass is 10.0. The number of benzene rings is 1. The molecule has 3 nitrogen and oxygen atoms in total. The summed E-state index contributed by atoms with van der Waals surface area (Å²) in [4.78, 5) is 0. The van der Waals surface area contributed by atoms with Gasteiger partial charge >= 0.3 is 0 Å². The van der Waals surface area contributed by atoms with E-state index >= 15 is 0 Å². The summed E-state index contributed by atoms with van der Waals surface area (Å²) in [7, 11) is 2.00. The van der Waals surface area contributed by atoms with Crippen LogP contribution in [-0.4, -0.2) is 22.9 Å². The number of rotatable bonds is 6. The standard InChI is InChI=1S/C16H21BrClN3/c1-4-21-15(16(18)11(2)20-21)10-14(19-3)9-12-6-5-7-13(17)8-12/h5-8,14,19H,4,9-10H2,1-3H3. The topological polar surface area (TPSA) is 29.9 Å². The first kappa shape index (κ1) is 16.5. The quantitative estimate of drug-likeness (QED) is 0.833. The molecule has 2 rings (SSSR count). The van der Waals surface area contributed by atoms with Gasteiger partial charge in [-0.15, -0.1) is 0 Å². The van der Waals surface area contributed by atoms with Gasteiger partial charge in [0.05, 0.1) is 16.4 Å². The lowest BCUT2D eigenvalue weighted by molar-refractivity contribution is 0.520. The monoisotopic (exact) mass is 369 g/mol. The predicted molar refractivity (Wildman–Crippen MR) is 92.0 cm³/mol. The average molecular weight is 371 g/mol. The second-order valence-corrected chi connectivity index (χ2v) is 6.48. The fraction of sp³-hybridized carbons (Fsp3) is 0.438. The summed E-state index contributed by atoms with van der Waals surface area (Å²) in [6.45, 7) is 4.89. The first-order chi connectivity index (χ1) is 10.0. The molecule has 114 valence electrons. The van der Waals surface area contributed by atoms with Crippen LogP contribution in [0.25, 0.3) is 0 Å². The maximum atomic E-state index is 6.40. The van der Waals surface area contributed by atoms with Crippen molar-refractivity contribution in [1.82, 2.24) is 15.1 Å². The highest BCUT2D eigenvalue weighted by molar-refractivity contribution is 9.10. The highest BCUT2D eigenvalue weighted by atomic mass is 79.9. The van der Waals surface area contributed by atoms with E-state index in [4.69, 9.17) is 11.6 Å². The number of aryl methyl sites for hydroxylation is 2. The molecule has 0 aliphatic heterocycles. The minimum atomic E-state index is 0.332. The van der Waals surface area contributed by atoms with Gasteiger partial charge in [-0.3, -0.25) is 4.68 Å². The lowest BCUT2D eigenvalue weighted by Crippen LogP contribution is -2.31. The van der Waals surface area contributed by atoms with Crippen molar-refractivity contribution in [2.75, 3.05) is 7.05 Å². The summed E-state index contributed by atoms with van der Waals surface area (Å²) in [5.74, 6) is 0. The van der Waals surface area contributed by atoms with Crippen LogP contribution in [0.4, 0.5) is 0 Å². The summed E-state index contributed by atoms with van der Waals surface area (Å²) in [6, 6.07) is 8.76. The van der Waals surface area contributed by atoms with E-state index < -0.39 is 0 Å². The summed E-state index contributed by atoms with van der Waals surface area (Å²) >= 11 is 9.93. The SMILES string of the molecule is CCn1nc(C)c(Cl)c1CC(Cc1cccc(Br)c1)NC. The fourth-order valence-electron chi connectivity index (χ4n) is 2.52. The largest absolute Gasteiger partial charge is 0.316 e. The smallest absolute Gasteiger partial charge is 0.0847 e. The Morgan fingerprint density at radius 1 is 1.38 bits per heavy atom. The molecular weight excluding hydrogens is 350 g/mol. The first-order valence-electron chi connectivity index (χ1n) is 7.18. The molecule has 0 amide bonds. The van der Waals surface area contributed by atoms with Crippen LogP contribution in [-0.2, 0) is 19.4 Å². The van der Waals surface area contributed by atoms with Crippen molar-refractivity contribution in [1.29, 1.82) is 0 Å². The number of halogens is 2. The molecule has 5 heteroatoms. The number of hydrogen-bond donors (Lipinski definition) is 1. The molecule has 1 atom stereocenters. The van der Waals surface area contributed by atoms with E-state index in [0.29, 0.717) is 6.04 Å². The lowest BCUT2D eigenvalue weighted by Gasteiger charge is -2.17. The number of hydrogen-bond acceptors (Lipinski definition) is 2. The highest BCUT2D eigenvalue weighted by Gasteiger charge is 2.17. The molecule has 0 fully saturated rings. The zero-order chi connectivity index (χ0) is 15.4. The third-order valence-corrected chi connectivity index (χ3v) is 4.66. The van der Waals surface area contributed by atoms with Crippen LogP contribution in [0.3, 0.4) is 0 Å². The van der Waals surface area contributed by atoms with Gasteiger partial charge in [-0.1, -0.05) is 39.7 Å². The molecule has 1 N–H and O–H groups in total. The minimum absolute atomic E-state index is 0.332. The molecule has 0 saturated carbocycles. The van der Waals surface area contributed by atoms with Gasteiger partial charge in [-0.05, 0) is 45.0 Å². The van der Waals surface area contributed by atoms with Crippen LogP contribution < -0.4 is 5.32 Å². The van der Waals surface area contributed by atoms with Gasteiger partial charge in [-0.25, -0.2) is 0 Å². The summed E-state index contributed by atoms with van der Waals surface area (Å²) in [5.41, 5.74) is 3.33. The molecule has 1 heterocycles. The van der Waals surface area contributed by atoms with Gasteiger partial charge in [0, 0.05) is 23.5 Å². The number of nitrogens with zero attached hydrogens (tertiary/aromatic N) is 2. The highest BCUT2D eigenvalue weighted by Crippen LogP contribution is 2.23. The van der Waals surface area contributed by atoms with Crippen molar-refractivity contribution in [3.05, 3.63) is 50.7 Å². The predicted octanol–water partition coefficient (Wildman–Crippen LogP) is 4.00. The third-order valence-electron chi connectivity index (χ3n) is 3.67. The van der Waals surface area contributed by atoms with Crippen LogP contribution >= 0.6 is 27.5 Å². The number of aromatic nitrogens is 2. The summed E-state index contributed by atoms with van der Waals surface area (Å²) in [5, 5.41) is 8.68. The van der Waals surface area contributed by atoms with Crippen molar-refractivity contribution in [2.24, 2.45) is 0 Å². The van der Waals surface area contributed by atoms with E-state index in [0.717, 1.165) is 40.3 Å². The van der Waals surface area contributed by atoms with Crippen molar-refractivity contribution in [3.8, 4) is 0 Å². The molecule has 0 spiro atoms. The van der Waals surface area contributed by atoms with Crippen LogP contribution in [0.15, 0.2) is 28.7 Å². The van der Waals surface area contributed by atoms with Crippen LogP contribution in [0.1, 0.15) is 23.9 Å². The van der Waals surface area contributed by atoms with Crippen molar-refractivity contribution >= 4 is 27.5 Å². The molecule has 1 aromatic heterocycles. The zero-order valence-electron chi connectivity index (χ0n) is 12.7. The Morgan fingerprint density at radius 3 is 2.76 bits per heavy atom. The molecule has 0 aliphatic carbocycles. The van der Waals surface area contributed by atoms with Gasteiger partial charge in [-0.2, -0.15) is 5.10 Å². The van der Waals surface area contributed by atoms with Gasteiger partial charge < -0.3 is 5.32 Å². The summed E-state index contributed by atoms with van der Waals surface area (Å²) < 4.78 is 3.12. The van der Waals surface area contributed by atoms with Gasteiger partial charge in [0.2, 0.25) is 0 Å². The molecule has 0 bridgehead atoms. The second-order valence-electron chi connectivity index (χ2n) is 5.19. The van der Waals surface area contributed by atoms with Gasteiger partial charge in [0.15, 0.2) is 0 Å². The Kier molecular flexibility index (Phi) is 5.85. The molecule has 0 aliphatic rings. The van der Waals surface area contributed by atoms with Crippen LogP contribution in [0.2, 0.25) is 5.02 Å². The van der Waals surface area contributed by atoms with E-state index in [1.807, 2.05) is 24.7 Å². The Morgan fingerprint density at radius 2 is 2.14 bits per heavy atom. The Hall–Kier alpha value is -0.840. The third kappa shape index (κ3) is 4.09. The van der Waals surface area contributed by atoms with E-state index in [9.17, 15) is 0 Å². The first-order valence-corrected chi connectivity index (χ1v) is 8.35. The molecular formula is C16H21BrClN3. The van der Waals surface area contributed by atoms with Crippen LogP contribution in [0.5, 0.6) is 0 Å². The Labute approximate surface area is 139 Å². The van der Waals surface area contributed by atoms with E-state index in [2.05, 4.69) is 51.5 Å². The molecule has 0 saturated heterocycles. The second kappa shape index (κ2) is 7.43.